The molecular formula is C27H26F2N4O4S. The van der Waals surface area contributed by atoms with E-state index in [0.717, 1.165) is 17.2 Å². The van der Waals surface area contributed by atoms with Crippen LogP contribution < -0.4 is 4.31 Å². The maximum Gasteiger partial charge on any atom is 0.428 e. The van der Waals surface area contributed by atoms with Crippen molar-refractivity contribution in [2.45, 2.75) is 45.2 Å². The highest BCUT2D eigenvalue weighted by atomic mass is 32.2. The van der Waals surface area contributed by atoms with Gasteiger partial charge in [-0.2, -0.15) is 9.40 Å². The summed E-state index contributed by atoms with van der Waals surface area (Å²) in [6.07, 6.45) is 3.22. The van der Waals surface area contributed by atoms with Crippen LogP contribution in [0.25, 0.3) is 22.4 Å². The van der Waals surface area contributed by atoms with Crippen molar-refractivity contribution in [1.29, 1.82) is 0 Å². The summed E-state index contributed by atoms with van der Waals surface area (Å²) in [6.45, 7) is 7.23. The van der Waals surface area contributed by atoms with Gasteiger partial charge in [-0.15, -0.1) is 0 Å². The number of nitrogens with zero attached hydrogens (tertiary/aromatic N) is 4. The van der Waals surface area contributed by atoms with Gasteiger partial charge in [0.2, 0.25) is 0 Å². The lowest BCUT2D eigenvalue weighted by Gasteiger charge is -2.25. The van der Waals surface area contributed by atoms with Gasteiger partial charge < -0.3 is 4.74 Å². The van der Waals surface area contributed by atoms with E-state index in [1.165, 1.54) is 6.07 Å². The second-order valence-electron chi connectivity index (χ2n) is 8.71. The fourth-order valence-electron chi connectivity index (χ4n) is 3.97. The van der Waals surface area contributed by atoms with E-state index in [9.17, 15) is 22.0 Å². The number of hydrogen-bond acceptors (Lipinski definition) is 6. The first kappa shape index (κ1) is 26.9. The molecule has 11 heteroatoms. The molecule has 0 bridgehead atoms. The summed E-state index contributed by atoms with van der Waals surface area (Å²) in [5.41, 5.74) is 2.98. The smallest absolute Gasteiger partial charge is 0.428 e. The molecule has 1 amide bonds. The molecule has 0 saturated carbocycles. The van der Waals surface area contributed by atoms with Crippen LogP contribution in [0.5, 0.6) is 0 Å². The number of hydrogen-bond donors (Lipinski definition) is 0. The number of benzene rings is 2. The molecule has 0 aliphatic heterocycles. The van der Waals surface area contributed by atoms with Crippen LogP contribution >= 0.6 is 0 Å². The Bertz CT molecular complexity index is 1590. The first-order valence-electron chi connectivity index (χ1n) is 11.8. The molecule has 2 aromatic carbocycles. The van der Waals surface area contributed by atoms with Crippen molar-refractivity contribution in [3.8, 4) is 22.4 Å². The molecule has 0 aliphatic rings. The first-order chi connectivity index (χ1) is 18.0. The van der Waals surface area contributed by atoms with E-state index >= 15 is 0 Å². The third-order valence-corrected chi connectivity index (χ3v) is 7.47. The average Bonchev–Trinajstić information content (AvgIpc) is 3.31. The summed E-state index contributed by atoms with van der Waals surface area (Å²) in [6, 6.07) is 10.4. The second kappa shape index (κ2) is 10.7. The van der Waals surface area contributed by atoms with Crippen LogP contribution in [0.4, 0.5) is 19.3 Å². The fraction of sp³-hybridized carbons (Fsp3) is 0.222. The molecule has 0 unspecified atom stereocenters. The molecule has 2 aromatic heterocycles. The molecule has 0 aliphatic carbocycles. The fourth-order valence-corrected chi connectivity index (χ4v) is 5.44. The van der Waals surface area contributed by atoms with Gasteiger partial charge in [0.25, 0.3) is 10.0 Å². The number of anilines is 1. The number of rotatable bonds is 7. The monoisotopic (exact) mass is 540 g/mol. The Balaban J connectivity index is 1.95. The molecule has 0 spiro atoms. The number of aromatic nitrogens is 3. The number of aryl methyl sites for hydroxylation is 1. The Labute approximate surface area is 219 Å². The Hall–Kier alpha value is -4.12. The maximum absolute atomic E-state index is 14.7. The van der Waals surface area contributed by atoms with Gasteiger partial charge in [-0.25, -0.2) is 22.0 Å². The minimum atomic E-state index is -4.93. The van der Waals surface area contributed by atoms with Gasteiger partial charge in [0.05, 0.1) is 11.8 Å². The zero-order chi connectivity index (χ0) is 27.6. The van der Waals surface area contributed by atoms with Crippen LogP contribution in [0.1, 0.15) is 26.3 Å². The van der Waals surface area contributed by atoms with Crippen molar-refractivity contribution in [1.82, 2.24) is 14.8 Å². The standard InChI is InChI=1S/C27H26F2N4O4S/c1-5-32-16-22(19-11-13-30-14-12-19)26(31-32)21-7-6-8-24(18(21)4)33(27(34)37-17(2)3)38(35,36)25-15-20(28)9-10-23(25)29/h6-17H,5H2,1-4H3. The molecule has 2 heterocycles. The third-order valence-electron chi connectivity index (χ3n) is 5.77. The largest absolute Gasteiger partial charge is 0.446 e. The van der Waals surface area contributed by atoms with Gasteiger partial charge in [-0.1, -0.05) is 12.1 Å². The first-order valence-corrected chi connectivity index (χ1v) is 13.3. The summed E-state index contributed by atoms with van der Waals surface area (Å²) in [5.74, 6) is -2.18. The van der Waals surface area contributed by atoms with Crippen molar-refractivity contribution < 1.29 is 26.7 Å². The van der Waals surface area contributed by atoms with E-state index in [1.54, 1.807) is 50.0 Å². The van der Waals surface area contributed by atoms with Crippen LogP contribution in [0, 0.1) is 18.6 Å². The molecule has 0 radical (unpaired) electrons. The van der Waals surface area contributed by atoms with E-state index < -0.39 is 38.8 Å². The van der Waals surface area contributed by atoms with E-state index in [0.29, 0.717) is 39.8 Å². The van der Waals surface area contributed by atoms with E-state index in [2.05, 4.69) is 10.1 Å². The van der Waals surface area contributed by atoms with Crippen molar-refractivity contribution in [2.75, 3.05) is 4.31 Å². The molecule has 198 valence electrons. The van der Waals surface area contributed by atoms with Crippen LogP contribution in [-0.2, 0) is 21.3 Å². The Kier molecular flexibility index (Phi) is 7.58. The molecule has 0 fully saturated rings. The number of pyridine rings is 1. The number of carbonyl (C=O) groups excluding carboxylic acids is 1. The number of carbonyl (C=O) groups is 1. The molecule has 8 nitrogen and oxygen atoms in total. The van der Waals surface area contributed by atoms with Crippen molar-refractivity contribution >= 4 is 21.8 Å². The number of ether oxygens (including phenoxy) is 1. The van der Waals surface area contributed by atoms with E-state index in [-0.39, 0.29) is 5.69 Å². The van der Waals surface area contributed by atoms with Crippen molar-refractivity contribution in [2.24, 2.45) is 0 Å². The lowest BCUT2D eigenvalue weighted by Crippen LogP contribution is -2.39. The molecule has 4 aromatic rings. The summed E-state index contributed by atoms with van der Waals surface area (Å²) in [7, 11) is -4.93. The maximum atomic E-state index is 14.7. The number of sulfonamides is 1. The summed E-state index contributed by atoms with van der Waals surface area (Å²) in [4.78, 5) is 16.3. The van der Waals surface area contributed by atoms with E-state index in [1.807, 2.05) is 25.3 Å². The molecule has 0 atom stereocenters. The number of amides is 1. The molecule has 0 saturated heterocycles. The Morgan fingerprint density at radius 3 is 2.45 bits per heavy atom. The molecule has 38 heavy (non-hydrogen) atoms. The van der Waals surface area contributed by atoms with Gasteiger partial charge in [0.15, 0.2) is 0 Å². The van der Waals surface area contributed by atoms with Crippen LogP contribution in [0.15, 0.2) is 72.0 Å². The quantitative estimate of drug-likeness (QED) is 0.287. The highest BCUT2D eigenvalue weighted by Gasteiger charge is 2.37. The molecule has 0 N–H and O–H groups in total. The highest BCUT2D eigenvalue weighted by Crippen LogP contribution is 2.38. The minimum Gasteiger partial charge on any atom is -0.446 e. The zero-order valence-corrected chi connectivity index (χ0v) is 22.0. The average molecular weight is 541 g/mol. The SMILES string of the molecule is CCn1cc(-c2ccncc2)c(-c2cccc(N(C(=O)OC(C)C)S(=O)(=O)c3cc(F)ccc3F)c2C)n1. The Morgan fingerprint density at radius 1 is 1.08 bits per heavy atom. The highest BCUT2D eigenvalue weighted by molar-refractivity contribution is 7.93. The summed E-state index contributed by atoms with van der Waals surface area (Å²) < 4.78 is 63.3. The second-order valence-corrected chi connectivity index (χ2v) is 10.5. The topological polar surface area (TPSA) is 94.4 Å². The van der Waals surface area contributed by atoms with Gasteiger partial charge in [0.1, 0.15) is 22.2 Å². The van der Waals surface area contributed by atoms with Crippen molar-refractivity contribution in [3.05, 3.63) is 84.3 Å². The zero-order valence-electron chi connectivity index (χ0n) is 21.2. The van der Waals surface area contributed by atoms with Gasteiger partial charge >= 0.3 is 6.09 Å². The Morgan fingerprint density at radius 2 is 1.79 bits per heavy atom. The van der Waals surface area contributed by atoms with Gasteiger partial charge in [-0.05, 0) is 75.2 Å². The van der Waals surface area contributed by atoms with E-state index in [4.69, 9.17) is 4.74 Å². The van der Waals surface area contributed by atoms with Crippen LogP contribution in [0.2, 0.25) is 0 Å². The lowest BCUT2D eigenvalue weighted by molar-refractivity contribution is 0.126. The van der Waals surface area contributed by atoms with Gasteiger partial charge in [0, 0.05) is 36.3 Å². The minimum absolute atomic E-state index is 0.0801. The predicted molar refractivity (Wildman–Crippen MR) is 139 cm³/mol. The third kappa shape index (κ3) is 5.14. The van der Waals surface area contributed by atoms with Gasteiger partial charge in [-0.3, -0.25) is 9.67 Å². The predicted octanol–water partition coefficient (Wildman–Crippen LogP) is 5.96. The normalized spacial score (nSPS) is 11.6. The van der Waals surface area contributed by atoms with Crippen LogP contribution in [0.3, 0.4) is 0 Å². The lowest BCUT2D eigenvalue weighted by atomic mass is 9.98. The summed E-state index contributed by atoms with van der Waals surface area (Å²) >= 11 is 0. The number of halogens is 2. The van der Waals surface area contributed by atoms with Crippen molar-refractivity contribution in [3.63, 3.8) is 0 Å². The summed E-state index contributed by atoms with van der Waals surface area (Å²) in [5, 5.41) is 4.68. The molecular weight excluding hydrogens is 514 g/mol. The van der Waals surface area contributed by atoms with Crippen LogP contribution in [-0.4, -0.2) is 35.4 Å². The molecule has 4 rings (SSSR count).